The Labute approximate surface area is 115 Å². The largest absolute Gasteiger partial charge is 0.260 e. The van der Waals surface area contributed by atoms with Gasteiger partial charge in [-0.2, -0.15) is 0 Å². The Morgan fingerprint density at radius 3 is 2.39 bits per heavy atom. The summed E-state index contributed by atoms with van der Waals surface area (Å²) in [4.78, 5) is 0.211. The molecule has 102 valence electrons. The number of aryl methyl sites for hydroxylation is 1. The van der Waals surface area contributed by atoms with Crippen molar-refractivity contribution in [3.63, 3.8) is 0 Å². The maximum Gasteiger partial charge on any atom is 0.240 e. The van der Waals surface area contributed by atoms with E-state index in [0.29, 0.717) is 18.1 Å². The van der Waals surface area contributed by atoms with Gasteiger partial charge in [0.1, 0.15) is 0 Å². The Kier molecular flexibility index (Phi) is 6.28. The molecule has 7 heteroatoms. The van der Waals surface area contributed by atoms with Crippen LogP contribution in [0.3, 0.4) is 0 Å². The zero-order valence-electron chi connectivity index (χ0n) is 10.1. The molecule has 0 aliphatic heterocycles. The van der Waals surface area contributed by atoms with Crippen molar-refractivity contribution < 1.29 is 12.6 Å². The van der Waals surface area contributed by atoms with E-state index in [0.717, 1.165) is 5.56 Å². The highest BCUT2D eigenvalue weighted by Gasteiger charge is 2.13. The number of alkyl halides is 1. The SMILES string of the molecule is CS(=O)CCNS(=O)(=O)c1ccc(CCCl)cc1. The molecule has 1 N–H and O–H groups in total. The Balaban J connectivity index is 2.69. The summed E-state index contributed by atoms with van der Waals surface area (Å²) in [7, 11) is -4.51. The van der Waals surface area contributed by atoms with Crippen LogP contribution in [-0.4, -0.2) is 37.1 Å². The van der Waals surface area contributed by atoms with Crippen LogP contribution in [-0.2, 0) is 27.2 Å². The molecule has 0 saturated carbocycles. The highest BCUT2D eigenvalue weighted by molar-refractivity contribution is 7.89. The Morgan fingerprint density at radius 2 is 1.89 bits per heavy atom. The maximum absolute atomic E-state index is 11.8. The molecule has 18 heavy (non-hydrogen) atoms. The predicted molar refractivity (Wildman–Crippen MR) is 75.0 cm³/mol. The number of sulfonamides is 1. The molecule has 0 bridgehead atoms. The standard InChI is InChI=1S/C11H16ClNO3S2/c1-17(14)9-8-13-18(15,16)11-4-2-10(3-5-11)6-7-12/h2-5,13H,6-9H2,1H3. The molecule has 0 heterocycles. The normalized spacial score (nSPS) is 13.4. The lowest BCUT2D eigenvalue weighted by Crippen LogP contribution is -2.27. The van der Waals surface area contributed by atoms with Gasteiger partial charge in [0.15, 0.2) is 0 Å². The first kappa shape index (κ1) is 15.6. The molecule has 0 fully saturated rings. The van der Waals surface area contributed by atoms with Gasteiger partial charge >= 0.3 is 0 Å². The third-order valence-corrected chi connectivity index (χ3v) is 4.74. The number of halogens is 1. The molecule has 0 amide bonds. The van der Waals surface area contributed by atoms with Crippen molar-refractivity contribution in [2.24, 2.45) is 0 Å². The Morgan fingerprint density at radius 1 is 1.28 bits per heavy atom. The number of hydrogen-bond donors (Lipinski definition) is 1. The number of rotatable bonds is 7. The summed E-state index contributed by atoms with van der Waals surface area (Å²) in [6, 6.07) is 6.59. The number of hydrogen-bond acceptors (Lipinski definition) is 3. The van der Waals surface area contributed by atoms with Crippen molar-refractivity contribution >= 4 is 32.4 Å². The molecule has 1 atom stereocenters. The minimum atomic E-state index is -3.51. The minimum absolute atomic E-state index is 0.175. The van der Waals surface area contributed by atoms with Crippen LogP contribution in [0.1, 0.15) is 5.56 Å². The average Bonchev–Trinajstić information content (AvgIpc) is 2.29. The number of benzene rings is 1. The molecule has 1 aromatic rings. The van der Waals surface area contributed by atoms with E-state index in [-0.39, 0.29) is 11.4 Å². The third kappa shape index (κ3) is 5.06. The topological polar surface area (TPSA) is 63.2 Å². The van der Waals surface area contributed by atoms with Crippen molar-refractivity contribution in [1.82, 2.24) is 4.72 Å². The molecule has 0 radical (unpaired) electrons. The molecule has 1 unspecified atom stereocenters. The van der Waals surface area contributed by atoms with Crippen LogP contribution in [0.5, 0.6) is 0 Å². The second-order valence-corrected chi connectivity index (χ2v) is 7.46. The zero-order chi connectivity index (χ0) is 13.6. The first-order valence-corrected chi connectivity index (χ1v) is 9.15. The van der Waals surface area contributed by atoms with Gasteiger partial charge in [-0.3, -0.25) is 4.21 Å². The van der Waals surface area contributed by atoms with Gasteiger partial charge in [0, 0.05) is 35.2 Å². The van der Waals surface area contributed by atoms with Gasteiger partial charge in [-0.15, -0.1) is 11.6 Å². The predicted octanol–water partition coefficient (Wildman–Crippen LogP) is 1.12. The summed E-state index contributed by atoms with van der Waals surface area (Å²) in [6.45, 7) is 0.175. The van der Waals surface area contributed by atoms with E-state index >= 15 is 0 Å². The zero-order valence-corrected chi connectivity index (χ0v) is 12.4. The second kappa shape index (κ2) is 7.23. The molecule has 0 aliphatic rings. The Hall–Kier alpha value is -0.430. The van der Waals surface area contributed by atoms with Gasteiger partial charge in [0.2, 0.25) is 10.0 Å². The van der Waals surface area contributed by atoms with Crippen LogP contribution in [0.2, 0.25) is 0 Å². The van der Waals surface area contributed by atoms with Gasteiger partial charge in [0.05, 0.1) is 4.90 Å². The monoisotopic (exact) mass is 309 g/mol. The fraction of sp³-hybridized carbons (Fsp3) is 0.455. The van der Waals surface area contributed by atoms with Crippen molar-refractivity contribution in [1.29, 1.82) is 0 Å². The molecule has 0 saturated heterocycles. The lowest BCUT2D eigenvalue weighted by atomic mass is 10.2. The van der Waals surface area contributed by atoms with Crippen LogP contribution in [0.15, 0.2) is 29.2 Å². The molecule has 0 spiro atoms. The summed E-state index contributed by atoms with van der Waals surface area (Å²) in [6.07, 6.45) is 2.25. The lowest BCUT2D eigenvalue weighted by molar-refractivity contribution is 0.584. The summed E-state index contributed by atoms with van der Waals surface area (Å²) in [5.41, 5.74) is 0.999. The van der Waals surface area contributed by atoms with Gasteiger partial charge in [0.25, 0.3) is 0 Å². The molecule has 0 aliphatic carbocycles. The van der Waals surface area contributed by atoms with Crippen LogP contribution < -0.4 is 4.72 Å². The molecule has 4 nitrogen and oxygen atoms in total. The first-order chi connectivity index (χ1) is 8.45. The average molecular weight is 310 g/mol. The fourth-order valence-corrected chi connectivity index (χ4v) is 3.12. The van der Waals surface area contributed by atoms with E-state index in [9.17, 15) is 12.6 Å². The van der Waals surface area contributed by atoms with Gasteiger partial charge in [-0.05, 0) is 24.1 Å². The summed E-state index contributed by atoms with van der Waals surface area (Å²) in [5.74, 6) is 0.816. The Bertz CT molecular complexity index is 500. The minimum Gasteiger partial charge on any atom is -0.260 e. The molecule has 1 rings (SSSR count). The molecule has 0 aromatic heterocycles. The summed E-state index contributed by atoms with van der Waals surface area (Å²) in [5, 5.41) is 0. The maximum atomic E-state index is 11.8. The highest BCUT2D eigenvalue weighted by Crippen LogP contribution is 2.11. The van der Waals surface area contributed by atoms with Crippen molar-refractivity contribution in [3.05, 3.63) is 29.8 Å². The van der Waals surface area contributed by atoms with E-state index < -0.39 is 20.8 Å². The lowest BCUT2D eigenvalue weighted by Gasteiger charge is -2.06. The second-order valence-electron chi connectivity index (χ2n) is 3.76. The number of nitrogens with one attached hydrogen (secondary N) is 1. The van der Waals surface area contributed by atoms with E-state index in [1.807, 2.05) is 0 Å². The smallest absolute Gasteiger partial charge is 0.240 e. The van der Waals surface area contributed by atoms with Crippen LogP contribution >= 0.6 is 11.6 Å². The highest BCUT2D eigenvalue weighted by atomic mass is 35.5. The third-order valence-electron chi connectivity index (χ3n) is 2.30. The summed E-state index contributed by atoms with van der Waals surface area (Å²) >= 11 is 5.60. The van der Waals surface area contributed by atoms with Crippen LogP contribution in [0.25, 0.3) is 0 Å². The fourth-order valence-electron chi connectivity index (χ4n) is 1.35. The van der Waals surface area contributed by atoms with Crippen LogP contribution in [0, 0.1) is 0 Å². The van der Waals surface area contributed by atoms with E-state index in [2.05, 4.69) is 4.72 Å². The van der Waals surface area contributed by atoms with Gasteiger partial charge < -0.3 is 0 Å². The van der Waals surface area contributed by atoms with Crippen molar-refractivity contribution in [2.75, 3.05) is 24.4 Å². The van der Waals surface area contributed by atoms with Crippen LogP contribution in [0.4, 0.5) is 0 Å². The van der Waals surface area contributed by atoms with Crippen molar-refractivity contribution in [2.45, 2.75) is 11.3 Å². The molecular formula is C11H16ClNO3S2. The van der Waals surface area contributed by atoms with Gasteiger partial charge in [-0.25, -0.2) is 13.1 Å². The molecular weight excluding hydrogens is 294 g/mol. The quantitative estimate of drug-likeness (QED) is 0.768. The van der Waals surface area contributed by atoms with E-state index in [1.54, 1.807) is 24.3 Å². The van der Waals surface area contributed by atoms with E-state index in [4.69, 9.17) is 11.6 Å². The van der Waals surface area contributed by atoms with Gasteiger partial charge in [-0.1, -0.05) is 12.1 Å². The van der Waals surface area contributed by atoms with E-state index in [1.165, 1.54) is 6.26 Å². The van der Waals surface area contributed by atoms with Crippen molar-refractivity contribution in [3.8, 4) is 0 Å². The first-order valence-electron chi connectivity index (χ1n) is 5.40. The molecule has 1 aromatic carbocycles. The summed E-state index contributed by atoms with van der Waals surface area (Å²) < 4.78 is 37.0.